The fraction of sp³-hybridized carbons (Fsp3) is 0.538. The van der Waals surface area contributed by atoms with Gasteiger partial charge in [-0.25, -0.2) is 4.39 Å². The van der Waals surface area contributed by atoms with Crippen LogP contribution in [-0.4, -0.2) is 19.1 Å². The van der Waals surface area contributed by atoms with E-state index in [1.165, 1.54) is 18.9 Å². The van der Waals surface area contributed by atoms with Gasteiger partial charge in [-0.05, 0) is 44.0 Å². The number of piperidine rings is 1. The summed E-state index contributed by atoms with van der Waals surface area (Å²) in [6, 6.07) is 7.54. The quantitative estimate of drug-likeness (QED) is 0.819. The highest BCUT2D eigenvalue weighted by Crippen LogP contribution is 2.15. The third kappa shape index (κ3) is 3.03. The van der Waals surface area contributed by atoms with Crippen molar-refractivity contribution < 1.29 is 4.39 Å². The van der Waals surface area contributed by atoms with Crippen LogP contribution in [0.4, 0.5) is 4.39 Å². The van der Waals surface area contributed by atoms with Gasteiger partial charge in [-0.3, -0.25) is 0 Å². The van der Waals surface area contributed by atoms with Gasteiger partial charge >= 0.3 is 0 Å². The molecule has 2 nitrogen and oxygen atoms in total. The summed E-state index contributed by atoms with van der Waals surface area (Å²) < 4.78 is 13.1. The fourth-order valence-corrected chi connectivity index (χ4v) is 2.22. The number of halogens is 1. The minimum Gasteiger partial charge on any atom is -0.315 e. The van der Waals surface area contributed by atoms with Crippen molar-refractivity contribution in [1.29, 1.82) is 0 Å². The third-order valence-corrected chi connectivity index (χ3v) is 3.13. The van der Waals surface area contributed by atoms with E-state index in [4.69, 9.17) is 0 Å². The smallest absolute Gasteiger partial charge is 0.123 e. The van der Waals surface area contributed by atoms with Crippen LogP contribution in [0.15, 0.2) is 24.3 Å². The normalized spacial score (nSPS) is 23.0. The number of hydrogen-bond donors (Lipinski definition) is 2. The Morgan fingerprint density at radius 2 is 2.38 bits per heavy atom. The van der Waals surface area contributed by atoms with Crippen LogP contribution < -0.4 is 10.6 Å². The summed E-state index contributed by atoms with van der Waals surface area (Å²) in [7, 11) is 0. The predicted octanol–water partition coefficient (Wildman–Crippen LogP) is 2.23. The summed E-state index contributed by atoms with van der Waals surface area (Å²) in [5.41, 5.74) is 1.02. The molecule has 1 unspecified atom stereocenters. The van der Waals surface area contributed by atoms with Crippen LogP contribution in [0.5, 0.6) is 0 Å². The van der Waals surface area contributed by atoms with E-state index in [2.05, 4.69) is 17.6 Å². The molecule has 2 rings (SSSR count). The van der Waals surface area contributed by atoms with Crippen LogP contribution in [0.1, 0.15) is 31.4 Å². The molecule has 2 N–H and O–H groups in total. The minimum atomic E-state index is -0.159. The lowest BCUT2D eigenvalue weighted by Crippen LogP contribution is -2.43. The van der Waals surface area contributed by atoms with E-state index in [-0.39, 0.29) is 11.9 Å². The van der Waals surface area contributed by atoms with Gasteiger partial charge < -0.3 is 10.6 Å². The Kier molecular flexibility index (Phi) is 3.91. The maximum absolute atomic E-state index is 13.1. The van der Waals surface area contributed by atoms with Crippen LogP contribution in [0.2, 0.25) is 0 Å². The van der Waals surface area contributed by atoms with Gasteiger partial charge in [0.1, 0.15) is 5.82 Å². The van der Waals surface area contributed by atoms with Crippen LogP contribution in [0, 0.1) is 5.82 Å². The SMILES string of the molecule is C[C@H](NC1CCCNC1)c1cccc(F)c1. The zero-order chi connectivity index (χ0) is 11.4. The molecule has 3 heteroatoms. The van der Waals surface area contributed by atoms with E-state index < -0.39 is 0 Å². The topological polar surface area (TPSA) is 24.1 Å². The lowest BCUT2D eigenvalue weighted by Gasteiger charge is -2.27. The first-order valence-corrected chi connectivity index (χ1v) is 5.98. The van der Waals surface area contributed by atoms with Gasteiger partial charge in [-0.1, -0.05) is 12.1 Å². The second-order valence-corrected chi connectivity index (χ2v) is 4.49. The lowest BCUT2D eigenvalue weighted by molar-refractivity contribution is 0.361. The number of benzene rings is 1. The van der Waals surface area contributed by atoms with E-state index in [9.17, 15) is 4.39 Å². The van der Waals surface area contributed by atoms with Crippen molar-refractivity contribution in [3.05, 3.63) is 35.6 Å². The van der Waals surface area contributed by atoms with Crippen molar-refractivity contribution in [2.24, 2.45) is 0 Å². The molecular formula is C13H19FN2. The van der Waals surface area contributed by atoms with Gasteiger partial charge in [0.25, 0.3) is 0 Å². The summed E-state index contributed by atoms with van der Waals surface area (Å²) in [6.45, 7) is 4.22. The van der Waals surface area contributed by atoms with Gasteiger partial charge in [-0.15, -0.1) is 0 Å². The van der Waals surface area contributed by atoms with Crippen LogP contribution in [0.25, 0.3) is 0 Å². The molecule has 1 heterocycles. The minimum absolute atomic E-state index is 0.159. The molecule has 2 atom stereocenters. The molecule has 1 saturated heterocycles. The molecule has 88 valence electrons. The monoisotopic (exact) mass is 222 g/mol. The summed E-state index contributed by atoms with van der Waals surface area (Å²) >= 11 is 0. The highest BCUT2D eigenvalue weighted by Gasteiger charge is 2.15. The Labute approximate surface area is 96.2 Å². The number of nitrogens with one attached hydrogen (secondary N) is 2. The molecule has 0 amide bonds. The predicted molar refractivity (Wildman–Crippen MR) is 63.8 cm³/mol. The molecule has 0 aliphatic carbocycles. The molecule has 0 aromatic heterocycles. The van der Waals surface area contributed by atoms with Crippen molar-refractivity contribution >= 4 is 0 Å². The third-order valence-electron chi connectivity index (χ3n) is 3.13. The average molecular weight is 222 g/mol. The van der Waals surface area contributed by atoms with Gasteiger partial charge in [0.05, 0.1) is 0 Å². The molecule has 1 aliphatic heterocycles. The van der Waals surface area contributed by atoms with Crippen LogP contribution in [-0.2, 0) is 0 Å². The molecule has 0 spiro atoms. The first-order chi connectivity index (χ1) is 7.75. The molecule has 1 aromatic rings. The number of rotatable bonds is 3. The second kappa shape index (κ2) is 5.41. The van der Waals surface area contributed by atoms with Crippen molar-refractivity contribution in [3.63, 3.8) is 0 Å². The molecule has 0 bridgehead atoms. The largest absolute Gasteiger partial charge is 0.315 e. The van der Waals surface area contributed by atoms with Crippen molar-refractivity contribution in [3.8, 4) is 0 Å². The second-order valence-electron chi connectivity index (χ2n) is 4.49. The molecule has 0 saturated carbocycles. The zero-order valence-electron chi connectivity index (χ0n) is 9.67. The van der Waals surface area contributed by atoms with E-state index in [0.29, 0.717) is 6.04 Å². The van der Waals surface area contributed by atoms with E-state index in [1.54, 1.807) is 12.1 Å². The summed E-state index contributed by atoms with van der Waals surface area (Å²) in [4.78, 5) is 0. The molecule has 1 aromatic carbocycles. The maximum Gasteiger partial charge on any atom is 0.123 e. The Bertz CT molecular complexity index is 334. The van der Waals surface area contributed by atoms with E-state index in [1.807, 2.05) is 6.07 Å². The Morgan fingerprint density at radius 3 is 3.06 bits per heavy atom. The van der Waals surface area contributed by atoms with Gasteiger partial charge in [0.2, 0.25) is 0 Å². The van der Waals surface area contributed by atoms with Gasteiger partial charge in [0, 0.05) is 18.6 Å². The lowest BCUT2D eigenvalue weighted by atomic mass is 10.0. The Balaban J connectivity index is 1.94. The van der Waals surface area contributed by atoms with Gasteiger partial charge in [-0.2, -0.15) is 0 Å². The summed E-state index contributed by atoms with van der Waals surface area (Å²) in [5, 5.41) is 6.90. The van der Waals surface area contributed by atoms with E-state index >= 15 is 0 Å². The van der Waals surface area contributed by atoms with Crippen molar-refractivity contribution in [2.45, 2.75) is 31.8 Å². The maximum atomic E-state index is 13.1. The van der Waals surface area contributed by atoms with Crippen molar-refractivity contribution in [1.82, 2.24) is 10.6 Å². The standard InChI is InChI=1S/C13H19FN2/c1-10(11-4-2-5-12(14)8-11)16-13-6-3-7-15-9-13/h2,4-5,8,10,13,15-16H,3,6-7,9H2,1H3/t10-,13?/m0/s1. The highest BCUT2D eigenvalue weighted by molar-refractivity contribution is 5.19. The first-order valence-electron chi connectivity index (χ1n) is 5.98. The number of hydrogen-bond acceptors (Lipinski definition) is 2. The molecule has 1 aliphatic rings. The molecule has 0 radical (unpaired) electrons. The first kappa shape index (κ1) is 11.6. The average Bonchev–Trinajstić information content (AvgIpc) is 2.30. The fourth-order valence-electron chi connectivity index (χ4n) is 2.22. The van der Waals surface area contributed by atoms with Crippen LogP contribution >= 0.6 is 0 Å². The molecule has 16 heavy (non-hydrogen) atoms. The Hall–Kier alpha value is -0.930. The van der Waals surface area contributed by atoms with Crippen molar-refractivity contribution in [2.75, 3.05) is 13.1 Å². The molecular weight excluding hydrogens is 203 g/mol. The van der Waals surface area contributed by atoms with Gasteiger partial charge in [0.15, 0.2) is 0 Å². The van der Waals surface area contributed by atoms with E-state index in [0.717, 1.165) is 18.7 Å². The summed E-state index contributed by atoms with van der Waals surface area (Å²) in [5.74, 6) is -0.159. The van der Waals surface area contributed by atoms with Crippen LogP contribution in [0.3, 0.4) is 0 Å². The molecule has 1 fully saturated rings. The highest BCUT2D eigenvalue weighted by atomic mass is 19.1. The summed E-state index contributed by atoms with van der Waals surface area (Å²) in [6.07, 6.45) is 2.42. The zero-order valence-corrected chi connectivity index (χ0v) is 9.67. The Morgan fingerprint density at radius 1 is 1.50 bits per heavy atom.